The van der Waals surface area contributed by atoms with Gasteiger partial charge in [-0.15, -0.1) is 0 Å². The van der Waals surface area contributed by atoms with Crippen LogP contribution >= 0.6 is 39.1 Å². The minimum Gasteiger partial charge on any atom is -0.366 e. The zero-order valence-electron chi connectivity index (χ0n) is 9.65. The number of benzene rings is 1. The Hall–Kier alpha value is -1.02. The monoisotopic (exact) mass is 396 g/mol. The molecule has 0 amide bonds. The summed E-state index contributed by atoms with van der Waals surface area (Å²) in [5, 5.41) is 0.223. The fraction of sp³-hybridized carbons (Fsp3) is 0. The van der Waals surface area contributed by atoms with Crippen molar-refractivity contribution in [3.63, 3.8) is 0 Å². The van der Waals surface area contributed by atoms with Crippen molar-refractivity contribution in [2.24, 2.45) is 0 Å². The summed E-state index contributed by atoms with van der Waals surface area (Å²) in [7, 11) is -4.08. The summed E-state index contributed by atoms with van der Waals surface area (Å²) >= 11 is 15.1. The zero-order valence-corrected chi connectivity index (χ0v) is 13.6. The molecular weight excluding hydrogens is 391 g/mol. The number of aromatic nitrogens is 1. The van der Waals surface area contributed by atoms with Gasteiger partial charge in [0.15, 0.2) is 4.90 Å². The van der Waals surface area contributed by atoms with E-state index in [-0.39, 0.29) is 15.7 Å². The van der Waals surface area contributed by atoms with E-state index in [1.165, 1.54) is 18.3 Å². The van der Waals surface area contributed by atoms with Gasteiger partial charge in [-0.2, -0.15) is 0 Å². The lowest BCUT2D eigenvalue weighted by Gasteiger charge is -2.11. The molecule has 0 aliphatic heterocycles. The van der Waals surface area contributed by atoms with Gasteiger partial charge in [-0.05, 0) is 12.1 Å². The highest BCUT2D eigenvalue weighted by molar-refractivity contribution is 9.10. The Morgan fingerprint density at radius 2 is 1.80 bits per heavy atom. The summed E-state index contributed by atoms with van der Waals surface area (Å²) in [6.45, 7) is 0. The molecular formula is C11H7BrCl2N2O3S. The Morgan fingerprint density at radius 1 is 1.20 bits per heavy atom. The number of rotatable bonds is 3. The van der Waals surface area contributed by atoms with E-state index in [2.05, 4.69) is 25.6 Å². The van der Waals surface area contributed by atoms with Crippen LogP contribution in [0.25, 0.3) is 0 Å². The second-order valence-corrected chi connectivity index (χ2v) is 7.10. The Kier molecular flexibility index (Phi) is 4.43. The Labute approximate surface area is 133 Å². The SMILES string of the molecule is O=c1cc[nH]cc1S(=O)(=O)Nc1c(Cl)cc(Br)cc1Cl. The van der Waals surface area contributed by atoms with E-state index in [4.69, 9.17) is 23.2 Å². The number of H-pyrrole nitrogens is 1. The maximum atomic E-state index is 12.2. The zero-order chi connectivity index (χ0) is 14.9. The Balaban J connectivity index is 2.50. The molecule has 0 unspecified atom stereocenters. The summed E-state index contributed by atoms with van der Waals surface area (Å²) in [4.78, 5) is 13.7. The summed E-state index contributed by atoms with van der Waals surface area (Å²) in [6, 6.07) is 4.08. The van der Waals surface area contributed by atoms with Gasteiger partial charge in [-0.25, -0.2) is 8.42 Å². The molecule has 2 aromatic rings. The highest BCUT2D eigenvalue weighted by Gasteiger charge is 2.20. The average molecular weight is 398 g/mol. The van der Waals surface area contributed by atoms with Crippen LogP contribution in [-0.4, -0.2) is 13.4 Å². The van der Waals surface area contributed by atoms with Crippen LogP contribution in [0.3, 0.4) is 0 Å². The third-order valence-electron chi connectivity index (χ3n) is 2.32. The molecule has 0 fully saturated rings. The van der Waals surface area contributed by atoms with E-state index in [0.717, 1.165) is 12.3 Å². The topological polar surface area (TPSA) is 79.0 Å². The van der Waals surface area contributed by atoms with Crippen LogP contribution < -0.4 is 10.2 Å². The molecule has 9 heteroatoms. The second kappa shape index (κ2) is 5.77. The number of hydrogen-bond donors (Lipinski definition) is 2. The lowest BCUT2D eigenvalue weighted by molar-refractivity contribution is 0.600. The number of nitrogens with one attached hydrogen (secondary N) is 2. The maximum absolute atomic E-state index is 12.2. The van der Waals surface area contributed by atoms with Crippen molar-refractivity contribution in [3.8, 4) is 0 Å². The number of anilines is 1. The number of sulfonamides is 1. The van der Waals surface area contributed by atoms with E-state index in [0.29, 0.717) is 4.47 Å². The van der Waals surface area contributed by atoms with Crippen LogP contribution in [0.15, 0.2) is 44.8 Å². The van der Waals surface area contributed by atoms with Crippen molar-refractivity contribution < 1.29 is 8.42 Å². The van der Waals surface area contributed by atoms with E-state index in [1.54, 1.807) is 0 Å². The van der Waals surface area contributed by atoms with Crippen molar-refractivity contribution in [3.05, 3.63) is 55.3 Å². The third-order valence-corrected chi connectivity index (χ3v) is 4.75. The minimum absolute atomic E-state index is 0.0137. The predicted octanol–water partition coefficient (Wildman–Crippen LogP) is 3.25. The van der Waals surface area contributed by atoms with E-state index in [1.807, 2.05) is 0 Å². The van der Waals surface area contributed by atoms with Crippen LogP contribution in [0.1, 0.15) is 0 Å². The van der Waals surface area contributed by atoms with Gasteiger partial charge in [0.05, 0.1) is 15.7 Å². The first-order valence-corrected chi connectivity index (χ1v) is 8.19. The van der Waals surface area contributed by atoms with Crippen LogP contribution in [0.2, 0.25) is 10.0 Å². The molecule has 0 radical (unpaired) electrons. The first kappa shape index (κ1) is 15.4. The van der Waals surface area contributed by atoms with Crippen molar-refractivity contribution in [1.29, 1.82) is 0 Å². The van der Waals surface area contributed by atoms with Crippen molar-refractivity contribution >= 4 is 54.8 Å². The number of halogens is 3. The van der Waals surface area contributed by atoms with Gasteiger partial charge in [0.25, 0.3) is 10.0 Å². The van der Waals surface area contributed by atoms with Crippen molar-refractivity contribution in [1.82, 2.24) is 4.98 Å². The molecule has 20 heavy (non-hydrogen) atoms. The largest absolute Gasteiger partial charge is 0.366 e. The molecule has 1 aromatic heterocycles. The Morgan fingerprint density at radius 3 is 2.35 bits per heavy atom. The molecule has 106 valence electrons. The number of hydrogen-bond acceptors (Lipinski definition) is 3. The van der Waals surface area contributed by atoms with E-state index < -0.39 is 20.3 Å². The fourth-order valence-electron chi connectivity index (χ4n) is 1.44. The number of pyridine rings is 1. The van der Waals surface area contributed by atoms with Gasteiger partial charge in [0, 0.05) is 22.9 Å². The molecule has 0 aliphatic carbocycles. The molecule has 0 aliphatic rings. The molecule has 1 heterocycles. The molecule has 0 bridgehead atoms. The summed E-state index contributed by atoms with van der Waals surface area (Å²) in [5.74, 6) is 0. The quantitative estimate of drug-likeness (QED) is 0.834. The number of aromatic amines is 1. The summed E-state index contributed by atoms with van der Waals surface area (Å²) in [6.07, 6.45) is 2.42. The van der Waals surface area contributed by atoms with E-state index >= 15 is 0 Å². The van der Waals surface area contributed by atoms with Gasteiger partial charge >= 0.3 is 0 Å². The molecule has 5 nitrogen and oxygen atoms in total. The predicted molar refractivity (Wildman–Crippen MR) is 82.0 cm³/mol. The van der Waals surface area contributed by atoms with Crippen LogP contribution in [-0.2, 0) is 10.0 Å². The first-order valence-electron chi connectivity index (χ1n) is 5.16. The highest BCUT2D eigenvalue weighted by atomic mass is 79.9. The summed E-state index contributed by atoms with van der Waals surface area (Å²) < 4.78 is 27.1. The van der Waals surface area contributed by atoms with Gasteiger partial charge in [-0.3, -0.25) is 9.52 Å². The van der Waals surface area contributed by atoms with Gasteiger partial charge in [0.1, 0.15) is 0 Å². The maximum Gasteiger partial charge on any atom is 0.267 e. The lowest BCUT2D eigenvalue weighted by Crippen LogP contribution is -2.21. The molecule has 2 N–H and O–H groups in total. The fourth-order valence-corrected chi connectivity index (χ4v) is 4.01. The van der Waals surface area contributed by atoms with Crippen LogP contribution in [0.4, 0.5) is 5.69 Å². The Bertz CT molecular complexity index is 797. The summed E-state index contributed by atoms with van der Waals surface area (Å²) in [5.41, 5.74) is -0.625. The van der Waals surface area contributed by atoms with Crippen LogP contribution in [0.5, 0.6) is 0 Å². The normalized spacial score (nSPS) is 11.3. The third kappa shape index (κ3) is 3.17. The minimum atomic E-state index is -4.08. The van der Waals surface area contributed by atoms with Gasteiger partial charge < -0.3 is 4.98 Å². The molecule has 0 atom stereocenters. The molecule has 0 spiro atoms. The van der Waals surface area contributed by atoms with Gasteiger partial charge in [-0.1, -0.05) is 39.1 Å². The molecule has 2 rings (SSSR count). The molecule has 0 saturated carbocycles. The highest BCUT2D eigenvalue weighted by Crippen LogP contribution is 2.34. The molecule has 0 saturated heterocycles. The first-order chi connectivity index (χ1) is 9.31. The molecule has 1 aromatic carbocycles. The average Bonchev–Trinajstić information content (AvgIpc) is 2.34. The van der Waals surface area contributed by atoms with Gasteiger partial charge in [0.2, 0.25) is 5.43 Å². The standard InChI is InChI=1S/C11H7BrCl2N2O3S/c12-6-3-7(13)11(8(14)4-6)16-20(18,19)10-5-15-2-1-9(10)17/h1-5,16H,(H,15,17). The lowest BCUT2D eigenvalue weighted by atomic mass is 10.3. The smallest absolute Gasteiger partial charge is 0.267 e. The van der Waals surface area contributed by atoms with Crippen molar-refractivity contribution in [2.75, 3.05) is 4.72 Å². The van der Waals surface area contributed by atoms with E-state index in [9.17, 15) is 13.2 Å². The second-order valence-electron chi connectivity index (χ2n) is 3.72. The van der Waals surface area contributed by atoms with Crippen LogP contribution in [0, 0.1) is 0 Å². The van der Waals surface area contributed by atoms with Crippen molar-refractivity contribution in [2.45, 2.75) is 4.90 Å².